The summed E-state index contributed by atoms with van der Waals surface area (Å²) in [5, 5.41) is 30.0. The molecule has 1 aliphatic carbocycles. The molecule has 0 unspecified atom stereocenters. The van der Waals surface area contributed by atoms with E-state index in [2.05, 4.69) is 17.9 Å². The highest BCUT2D eigenvalue weighted by molar-refractivity contribution is 7.80. The molecular weight excluding hydrogens is 392 g/mol. The Morgan fingerprint density at radius 1 is 1.32 bits per heavy atom. The van der Waals surface area contributed by atoms with Gasteiger partial charge in [0.05, 0.1) is 6.04 Å². The van der Waals surface area contributed by atoms with Crippen LogP contribution in [-0.2, 0) is 9.59 Å². The van der Waals surface area contributed by atoms with Crippen LogP contribution in [0, 0.1) is 11.8 Å². The summed E-state index contributed by atoms with van der Waals surface area (Å²) in [4.78, 5) is 23.3. The first kappa shape index (κ1) is 27.0. The Bertz CT molecular complexity index is 438. The van der Waals surface area contributed by atoms with Crippen LogP contribution in [0.25, 0.3) is 0 Å². The summed E-state index contributed by atoms with van der Waals surface area (Å²) in [6.07, 6.45) is 2.23. The number of halogens is 2. The van der Waals surface area contributed by atoms with E-state index in [1.54, 1.807) is 0 Å². The lowest BCUT2D eigenvalue weighted by Crippen LogP contribution is -2.60. The Hall–Kier alpha value is -0.225. The van der Waals surface area contributed by atoms with Gasteiger partial charge in [-0.1, -0.05) is 6.42 Å². The third-order valence-corrected chi connectivity index (χ3v) is 4.96. The van der Waals surface area contributed by atoms with Crippen molar-refractivity contribution < 1.29 is 24.7 Å². The highest BCUT2D eigenvalue weighted by atomic mass is 35.5. The second kappa shape index (κ2) is 12.2. The van der Waals surface area contributed by atoms with E-state index in [1.807, 2.05) is 0 Å². The van der Waals surface area contributed by atoms with E-state index in [-0.39, 0.29) is 61.7 Å². The van der Waals surface area contributed by atoms with Crippen LogP contribution < -0.4 is 16.8 Å². The predicted octanol–water partition coefficient (Wildman–Crippen LogP) is -0.735. The molecule has 0 aromatic rings. The Morgan fingerprint density at radius 3 is 2.40 bits per heavy atom. The Morgan fingerprint density at radius 2 is 1.92 bits per heavy atom. The smallest absolute Gasteiger partial charge is 0.451 e. The van der Waals surface area contributed by atoms with Crippen molar-refractivity contribution >= 4 is 56.4 Å². The largest absolute Gasteiger partial charge is 0.480 e. The number of carboxylic acids is 1. The first-order valence-electron chi connectivity index (χ1n) is 7.73. The van der Waals surface area contributed by atoms with Crippen molar-refractivity contribution in [2.45, 2.75) is 43.6 Å². The molecule has 0 aromatic carbocycles. The molecule has 0 spiro atoms. The third kappa shape index (κ3) is 7.90. The monoisotopic (exact) mass is 419 g/mol. The molecule has 12 heteroatoms. The number of amides is 1. The summed E-state index contributed by atoms with van der Waals surface area (Å²) in [6, 6.07) is -0.738. The van der Waals surface area contributed by atoms with Gasteiger partial charge in [-0.15, -0.1) is 24.8 Å². The van der Waals surface area contributed by atoms with Gasteiger partial charge in [0, 0.05) is 18.2 Å². The van der Waals surface area contributed by atoms with Gasteiger partial charge in [0.2, 0.25) is 5.91 Å². The van der Waals surface area contributed by atoms with Crippen LogP contribution in [-0.4, -0.2) is 58.0 Å². The van der Waals surface area contributed by atoms with E-state index in [1.165, 1.54) is 0 Å². The molecule has 0 aromatic heterocycles. The molecule has 148 valence electrons. The molecule has 8 N–H and O–H groups in total. The normalized spacial score (nSPS) is 26.6. The number of carbonyl (C=O) groups excluding carboxylic acids is 1. The molecule has 8 nitrogen and oxygen atoms in total. The number of thiol groups is 1. The summed E-state index contributed by atoms with van der Waals surface area (Å²) < 4.78 is 0. The molecule has 0 bridgehead atoms. The molecule has 1 amide bonds. The van der Waals surface area contributed by atoms with Gasteiger partial charge < -0.3 is 31.9 Å². The van der Waals surface area contributed by atoms with Crippen molar-refractivity contribution in [1.29, 1.82) is 0 Å². The molecule has 1 saturated carbocycles. The fourth-order valence-corrected chi connectivity index (χ4v) is 3.22. The van der Waals surface area contributed by atoms with Gasteiger partial charge in [0.1, 0.15) is 5.54 Å². The van der Waals surface area contributed by atoms with E-state index in [0.717, 1.165) is 6.42 Å². The lowest BCUT2D eigenvalue weighted by molar-refractivity contribution is -0.148. The van der Waals surface area contributed by atoms with Crippen LogP contribution in [0.2, 0.25) is 6.32 Å². The predicted molar refractivity (Wildman–Crippen MR) is 104 cm³/mol. The van der Waals surface area contributed by atoms with Gasteiger partial charge in [0.25, 0.3) is 0 Å². The molecule has 1 fully saturated rings. The quantitative estimate of drug-likeness (QED) is 0.201. The lowest BCUT2D eigenvalue weighted by Gasteiger charge is -2.41. The zero-order valence-corrected chi connectivity index (χ0v) is 16.4. The van der Waals surface area contributed by atoms with Crippen molar-refractivity contribution in [3.05, 3.63) is 0 Å². The van der Waals surface area contributed by atoms with Gasteiger partial charge >= 0.3 is 13.1 Å². The van der Waals surface area contributed by atoms with Crippen LogP contribution in [0.4, 0.5) is 0 Å². The lowest BCUT2D eigenvalue weighted by atomic mass is 9.66. The number of nitrogens with two attached hydrogens (primary N) is 2. The minimum Gasteiger partial charge on any atom is -0.480 e. The van der Waals surface area contributed by atoms with Crippen LogP contribution in [0.5, 0.6) is 0 Å². The second-order valence-corrected chi connectivity index (χ2v) is 6.65. The number of nitrogens with one attached hydrogen (secondary N) is 1. The van der Waals surface area contributed by atoms with Gasteiger partial charge in [-0.25, -0.2) is 0 Å². The number of aliphatic carboxylic acids is 1. The molecule has 0 aliphatic heterocycles. The number of hydrogen-bond donors (Lipinski definition) is 7. The molecule has 0 saturated heterocycles. The molecule has 1 rings (SSSR count). The van der Waals surface area contributed by atoms with E-state index >= 15 is 0 Å². The number of hydrogen-bond acceptors (Lipinski definition) is 7. The minimum absolute atomic E-state index is 0. The SMILES string of the molecule is Cl.Cl.N[C@@H](CS)C(=O)NC[C@@H]1CC[C@@H](CCB(O)O)C[C@]1(N)C(=O)O. The summed E-state index contributed by atoms with van der Waals surface area (Å²) in [5.41, 5.74) is 10.2. The van der Waals surface area contributed by atoms with E-state index in [9.17, 15) is 14.7 Å². The average molecular weight is 420 g/mol. The van der Waals surface area contributed by atoms with Crippen LogP contribution in [0.1, 0.15) is 25.7 Å². The average Bonchev–Trinajstić information content (AvgIpc) is 2.50. The zero-order chi connectivity index (χ0) is 17.6. The van der Waals surface area contributed by atoms with Crippen LogP contribution in [0.3, 0.4) is 0 Å². The minimum atomic E-state index is -1.44. The van der Waals surface area contributed by atoms with Crippen molar-refractivity contribution in [2.24, 2.45) is 23.3 Å². The van der Waals surface area contributed by atoms with Gasteiger partial charge in [-0.2, -0.15) is 12.6 Å². The first-order chi connectivity index (χ1) is 10.7. The topological polar surface area (TPSA) is 159 Å². The maximum atomic E-state index is 11.7. The van der Waals surface area contributed by atoms with E-state index < -0.39 is 30.6 Å². The van der Waals surface area contributed by atoms with E-state index in [4.69, 9.17) is 21.5 Å². The molecule has 4 atom stereocenters. The second-order valence-electron chi connectivity index (χ2n) is 6.28. The zero-order valence-electron chi connectivity index (χ0n) is 13.8. The molecular formula is C13H28BCl2N3O5S. The fourth-order valence-electron chi connectivity index (χ4n) is 3.06. The van der Waals surface area contributed by atoms with Crippen molar-refractivity contribution in [1.82, 2.24) is 5.32 Å². The first-order valence-corrected chi connectivity index (χ1v) is 8.36. The maximum absolute atomic E-state index is 11.7. The third-order valence-electron chi connectivity index (χ3n) is 4.57. The van der Waals surface area contributed by atoms with Crippen molar-refractivity contribution in [3.63, 3.8) is 0 Å². The summed E-state index contributed by atoms with van der Waals surface area (Å²) in [5.74, 6) is -1.66. The summed E-state index contributed by atoms with van der Waals surface area (Å²) in [6.45, 7) is 0.151. The Kier molecular flexibility index (Phi) is 13.2. The highest BCUT2D eigenvalue weighted by Crippen LogP contribution is 2.38. The number of carboxylic acid groups (broad SMARTS) is 1. The summed E-state index contributed by atoms with van der Waals surface area (Å²) in [7, 11) is -1.40. The summed E-state index contributed by atoms with van der Waals surface area (Å²) >= 11 is 3.95. The van der Waals surface area contributed by atoms with Crippen molar-refractivity contribution in [3.8, 4) is 0 Å². The molecule has 0 radical (unpaired) electrons. The van der Waals surface area contributed by atoms with Gasteiger partial charge in [-0.3, -0.25) is 9.59 Å². The fraction of sp³-hybridized carbons (Fsp3) is 0.846. The van der Waals surface area contributed by atoms with Crippen LogP contribution >= 0.6 is 37.4 Å². The highest BCUT2D eigenvalue weighted by Gasteiger charge is 2.46. The Labute approximate surface area is 165 Å². The van der Waals surface area contributed by atoms with E-state index in [0.29, 0.717) is 12.8 Å². The van der Waals surface area contributed by atoms with Crippen molar-refractivity contribution in [2.75, 3.05) is 12.3 Å². The van der Waals surface area contributed by atoms with Gasteiger partial charge in [0.15, 0.2) is 0 Å². The maximum Gasteiger partial charge on any atom is 0.451 e. The molecule has 25 heavy (non-hydrogen) atoms. The molecule has 0 heterocycles. The van der Waals surface area contributed by atoms with Gasteiger partial charge in [-0.05, 0) is 31.5 Å². The number of rotatable bonds is 8. The molecule has 1 aliphatic rings. The Balaban J connectivity index is 0. The number of carbonyl (C=O) groups is 2. The standard InChI is InChI=1S/C13H26BN3O5S.2ClH/c15-10(7-23)11(18)17-6-9-2-1-8(3-4-14(21)22)5-13(9,16)12(19)20;;/h8-10,21-23H,1-7,15-16H2,(H,17,18)(H,19,20);2*1H/t8-,9-,10-,13+;;/m0../s1. The van der Waals surface area contributed by atoms with Crippen LogP contribution in [0.15, 0.2) is 0 Å².